The molecule has 3 unspecified atom stereocenters. The van der Waals surface area contributed by atoms with E-state index in [4.69, 9.17) is 9.47 Å². The topological polar surface area (TPSA) is 21.8 Å². The van der Waals surface area contributed by atoms with Crippen LogP contribution in [0.4, 0.5) is 0 Å². The second kappa shape index (κ2) is 5.68. The maximum atomic E-state index is 5.72. The van der Waals surface area contributed by atoms with Gasteiger partial charge in [-0.25, -0.2) is 0 Å². The van der Waals surface area contributed by atoms with Crippen molar-refractivity contribution >= 4 is 6.08 Å². The third kappa shape index (κ3) is 3.21. The molecule has 0 N–H and O–H groups in total. The minimum absolute atomic E-state index is 0.562. The quantitative estimate of drug-likeness (QED) is 0.585. The lowest BCUT2D eigenvalue weighted by Crippen LogP contribution is -2.18. The molecule has 3 atom stereocenters. The van der Waals surface area contributed by atoms with Crippen LogP contribution < -0.4 is 0 Å². The van der Waals surface area contributed by atoms with Crippen molar-refractivity contribution in [2.24, 2.45) is 5.92 Å². The maximum absolute atomic E-state index is 5.72. The van der Waals surface area contributed by atoms with E-state index >= 15 is 0 Å². The van der Waals surface area contributed by atoms with E-state index in [1.54, 1.807) is 0 Å². The highest BCUT2D eigenvalue weighted by atomic mass is 16.6. The molecule has 0 aromatic heterocycles. The zero-order chi connectivity index (χ0) is 12.2. The predicted octanol–water partition coefficient (Wildman–Crippen LogP) is 3.28. The van der Waals surface area contributed by atoms with Crippen LogP contribution in [0.5, 0.6) is 0 Å². The summed E-state index contributed by atoms with van der Waals surface area (Å²) in [4.78, 5) is 0. The zero-order valence-corrected chi connectivity index (χ0v) is 10.6. The first kappa shape index (κ1) is 11.9. The Balaban J connectivity index is 1.34. The number of hydrogen-bond donors (Lipinski definition) is 0. The summed E-state index contributed by atoms with van der Waals surface area (Å²) in [5.74, 6) is 0.707. The van der Waals surface area contributed by atoms with Gasteiger partial charge in [0.05, 0.1) is 18.8 Å². The normalized spacial score (nSPS) is 30.3. The molecule has 1 aromatic carbocycles. The fraction of sp³-hybridized carbons (Fsp3) is 0.500. The highest BCUT2D eigenvalue weighted by Crippen LogP contribution is 2.39. The van der Waals surface area contributed by atoms with Crippen molar-refractivity contribution in [1.29, 1.82) is 0 Å². The molecule has 1 aliphatic heterocycles. The lowest BCUT2D eigenvalue weighted by Gasteiger charge is -2.18. The molecule has 0 bridgehead atoms. The van der Waals surface area contributed by atoms with Crippen LogP contribution in [0.3, 0.4) is 0 Å². The summed E-state index contributed by atoms with van der Waals surface area (Å²) < 4.78 is 11.2. The molecule has 0 amide bonds. The van der Waals surface area contributed by atoms with Crippen molar-refractivity contribution in [2.75, 3.05) is 13.2 Å². The van der Waals surface area contributed by atoms with Crippen molar-refractivity contribution in [1.82, 2.24) is 0 Å². The third-order valence-electron chi connectivity index (χ3n) is 3.79. The molecule has 1 saturated carbocycles. The SMILES string of the molecule is C(=C\c1ccccc1)/COCC1CCC2OC2C1. The van der Waals surface area contributed by atoms with Gasteiger partial charge in [-0.3, -0.25) is 0 Å². The van der Waals surface area contributed by atoms with Crippen LogP contribution in [0.25, 0.3) is 6.08 Å². The summed E-state index contributed by atoms with van der Waals surface area (Å²) in [5, 5.41) is 0. The van der Waals surface area contributed by atoms with Gasteiger partial charge in [-0.15, -0.1) is 0 Å². The lowest BCUT2D eigenvalue weighted by atomic mass is 9.90. The molecule has 2 nitrogen and oxygen atoms in total. The van der Waals surface area contributed by atoms with Gasteiger partial charge in [0.15, 0.2) is 0 Å². The molecule has 0 spiro atoms. The van der Waals surface area contributed by atoms with Gasteiger partial charge in [0.1, 0.15) is 0 Å². The van der Waals surface area contributed by atoms with Crippen LogP contribution in [-0.2, 0) is 9.47 Å². The van der Waals surface area contributed by atoms with Crippen LogP contribution in [0.1, 0.15) is 24.8 Å². The van der Waals surface area contributed by atoms with Gasteiger partial charge < -0.3 is 9.47 Å². The fourth-order valence-electron chi connectivity index (χ4n) is 2.69. The van der Waals surface area contributed by atoms with Gasteiger partial charge in [-0.2, -0.15) is 0 Å². The average molecular weight is 244 g/mol. The van der Waals surface area contributed by atoms with Crippen LogP contribution in [0, 0.1) is 5.92 Å². The van der Waals surface area contributed by atoms with E-state index in [0.29, 0.717) is 24.7 Å². The summed E-state index contributed by atoms with van der Waals surface area (Å²) in [5.41, 5.74) is 1.23. The van der Waals surface area contributed by atoms with Gasteiger partial charge in [-0.05, 0) is 30.7 Å². The molecule has 1 heterocycles. The van der Waals surface area contributed by atoms with Crippen molar-refractivity contribution in [3.63, 3.8) is 0 Å². The van der Waals surface area contributed by atoms with Crippen LogP contribution >= 0.6 is 0 Å². The second-order valence-electron chi connectivity index (χ2n) is 5.24. The van der Waals surface area contributed by atoms with Crippen LogP contribution in [0.15, 0.2) is 36.4 Å². The summed E-state index contributed by atoms with van der Waals surface area (Å²) in [6.45, 7) is 1.59. The lowest BCUT2D eigenvalue weighted by molar-refractivity contribution is 0.109. The zero-order valence-electron chi connectivity index (χ0n) is 10.6. The van der Waals surface area contributed by atoms with Gasteiger partial charge in [-0.1, -0.05) is 42.5 Å². The van der Waals surface area contributed by atoms with Gasteiger partial charge in [0, 0.05) is 6.61 Å². The van der Waals surface area contributed by atoms with E-state index in [1.165, 1.54) is 24.8 Å². The molecule has 1 aliphatic carbocycles. The maximum Gasteiger partial charge on any atom is 0.0845 e. The molecule has 2 fully saturated rings. The monoisotopic (exact) mass is 244 g/mol. The predicted molar refractivity (Wildman–Crippen MR) is 72.3 cm³/mol. The summed E-state index contributed by atoms with van der Waals surface area (Å²) >= 11 is 0. The average Bonchev–Trinajstić information content (AvgIpc) is 3.18. The smallest absolute Gasteiger partial charge is 0.0845 e. The van der Waals surface area contributed by atoms with Crippen molar-refractivity contribution in [2.45, 2.75) is 31.5 Å². The van der Waals surface area contributed by atoms with Crippen molar-refractivity contribution < 1.29 is 9.47 Å². The molecular weight excluding hydrogens is 224 g/mol. The van der Waals surface area contributed by atoms with Crippen LogP contribution in [-0.4, -0.2) is 25.4 Å². The molecule has 3 rings (SSSR count). The van der Waals surface area contributed by atoms with E-state index in [-0.39, 0.29) is 0 Å². The Kier molecular flexibility index (Phi) is 3.77. The molecule has 1 aromatic rings. The van der Waals surface area contributed by atoms with Gasteiger partial charge in [0.25, 0.3) is 0 Å². The molecular formula is C16H20O2. The Morgan fingerprint density at radius 3 is 2.89 bits per heavy atom. The highest BCUT2D eigenvalue weighted by molar-refractivity contribution is 5.48. The van der Waals surface area contributed by atoms with Gasteiger partial charge >= 0.3 is 0 Å². The molecule has 0 radical (unpaired) electrons. The van der Waals surface area contributed by atoms with Crippen molar-refractivity contribution in [3.05, 3.63) is 42.0 Å². The summed E-state index contributed by atoms with van der Waals surface area (Å²) in [6, 6.07) is 10.3. The van der Waals surface area contributed by atoms with E-state index in [1.807, 2.05) is 6.07 Å². The summed E-state index contributed by atoms with van der Waals surface area (Å²) in [6.07, 6.45) is 9.07. The van der Waals surface area contributed by atoms with Gasteiger partial charge in [0.2, 0.25) is 0 Å². The number of fused-ring (bicyclic) bond motifs is 1. The second-order valence-corrected chi connectivity index (χ2v) is 5.24. The Labute approximate surface area is 109 Å². The molecule has 2 heteroatoms. The molecule has 1 saturated heterocycles. The number of epoxide rings is 1. The first-order valence-electron chi connectivity index (χ1n) is 6.86. The Hall–Kier alpha value is -1.12. The van der Waals surface area contributed by atoms with Crippen LogP contribution in [0.2, 0.25) is 0 Å². The third-order valence-corrected chi connectivity index (χ3v) is 3.79. The molecule has 2 aliphatic rings. The highest BCUT2D eigenvalue weighted by Gasteiger charge is 2.43. The molecule has 96 valence electrons. The number of ether oxygens (including phenoxy) is 2. The summed E-state index contributed by atoms with van der Waals surface area (Å²) in [7, 11) is 0. The van der Waals surface area contributed by atoms with E-state index in [0.717, 1.165) is 6.61 Å². The van der Waals surface area contributed by atoms with E-state index < -0.39 is 0 Å². The Morgan fingerprint density at radius 2 is 2.06 bits per heavy atom. The molecule has 18 heavy (non-hydrogen) atoms. The first-order valence-corrected chi connectivity index (χ1v) is 6.86. The minimum atomic E-state index is 0.562. The number of hydrogen-bond acceptors (Lipinski definition) is 2. The minimum Gasteiger partial charge on any atom is -0.377 e. The number of benzene rings is 1. The standard InChI is InChI=1S/C16H20O2/c1-2-5-13(6-3-1)7-4-10-17-12-14-8-9-15-16(11-14)18-15/h1-7,14-16H,8-12H2/b7-4+. The Morgan fingerprint density at radius 1 is 1.17 bits per heavy atom. The number of rotatable bonds is 5. The van der Waals surface area contributed by atoms with E-state index in [9.17, 15) is 0 Å². The first-order chi connectivity index (χ1) is 8.92. The van der Waals surface area contributed by atoms with E-state index in [2.05, 4.69) is 36.4 Å². The largest absolute Gasteiger partial charge is 0.377 e. The fourth-order valence-corrected chi connectivity index (χ4v) is 2.69. The Bertz CT molecular complexity index is 399. The van der Waals surface area contributed by atoms with Crippen molar-refractivity contribution in [3.8, 4) is 0 Å².